The Labute approximate surface area is 140 Å². The van der Waals surface area contributed by atoms with Crippen LogP contribution in [0.2, 0.25) is 0 Å². The van der Waals surface area contributed by atoms with Crippen LogP contribution in [0.4, 0.5) is 6.01 Å². The lowest BCUT2D eigenvalue weighted by Crippen LogP contribution is -2.12. The van der Waals surface area contributed by atoms with Crippen molar-refractivity contribution in [2.75, 3.05) is 5.32 Å². The molecule has 0 spiro atoms. The number of hydrogen-bond acceptors (Lipinski definition) is 4. The molecule has 0 saturated heterocycles. The van der Waals surface area contributed by atoms with Crippen molar-refractivity contribution in [3.05, 3.63) is 76.2 Å². The molecular formula is C19H19N3O2. The van der Waals surface area contributed by atoms with Gasteiger partial charge in [0.1, 0.15) is 0 Å². The van der Waals surface area contributed by atoms with Crippen LogP contribution in [0.15, 0.2) is 46.9 Å². The molecule has 0 fully saturated rings. The lowest BCUT2D eigenvalue weighted by molar-refractivity contribution is 0.102. The molecule has 1 aromatic heterocycles. The Morgan fingerprint density at radius 1 is 1.04 bits per heavy atom. The van der Waals surface area contributed by atoms with E-state index >= 15 is 0 Å². The third-order valence-electron chi connectivity index (χ3n) is 3.81. The summed E-state index contributed by atoms with van der Waals surface area (Å²) in [6.45, 7) is 6.05. The summed E-state index contributed by atoms with van der Waals surface area (Å²) in [6, 6.07) is 13.7. The molecule has 3 rings (SSSR count). The molecule has 0 unspecified atom stereocenters. The van der Waals surface area contributed by atoms with Gasteiger partial charge in [-0.3, -0.25) is 10.1 Å². The number of carbonyl (C=O) groups is 1. The first-order chi connectivity index (χ1) is 11.5. The van der Waals surface area contributed by atoms with Gasteiger partial charge in [-0.15, -0.1) is 5.10 Å². The van der Waals surface area contributed by atoms with Crippen molar-refractivity contribution >= 4 is 11.9 Å². The zero-order chi connectivity index (χ0) is 17.1. The van der Waals surface area contributed by atoms with Gasteiger partial charge in [-0.25, -0.2) is 0 Å². The van der Waals surface area contributed by atoms with Crippen molar-refractivity contribution in [3.63, 3.8) is 0 Å². The fourth-order valence-electron chi connectivity index (χ4n) is 2.54. The molecular weight excluding hydrogens is 302 g/mol. The summed E-state index contributed by atoms with van der Waals surface area (Å²) in [5.74, 6) is 0.210. The second-order valence-corrected chi connectivity index (χ2v) is 5.93. The molecule has 0 aliphatic carbocycles. The maximum Gasteiger partial charge on any atom is 0.322 e. The largest absolute Gasteiger partial charge is 0.407 e. The zero-order valence-corrected chi connectivity index (χ0v) is 14.0. The first-order valence-corrected chi connectivity index (χ1v) is 7.78. The molecule has 5 heteroatoms. The number of aromatic nitrogens is 2. The summed E-state index contributed by atoms with van der Waals surface area (Å²) in [5, 5.41) is 10.5. The van der Waals surface area contributed by atoms with E-state index in [0.29, 0.717) is 17.9 Å². The summed E-state index contributed by atoms with van der Waals surface area (Å²) in [6.07, 6.45) is 0.541. The average Bonchev–Trinajstić information content (AvgIpc) is 2.97. The van der Waals surface area contributed by atoms with Crippen LogP contribution in [0.3, 0.4) is 0 Å². The Bertz CT molecular complexity index is 884. The molecule has 0 bridgehead atoms. The first-order valence-electron chi connectivity index (χ1n) is 7.78. The van der Waals surface area contributed by atoms with Crippen LogP contribution >= 0.6 is 0 Å². The Kier molecular flexibility index (Phi) is 4.42. The van der Waals surface area contributed by atoms with Gasteiger partial charge in [-0.05, 0) is 44.0 Å². The Morgan fingerprint density at radius 2 is 1.83 bits per heavy atom. The molecule has 3 aromatic rings. The van der Waals surface area contributed by atoms with Crippen molar-refractivity contribution in [3.8, 4) is 0 Å². The van der Waals surface area contributed by atoms with Crippen molar-refractivity contribution in [2.45, 2.75) is 27.2 Å². The molecule has 1 amide bonds. The number of amides is 1. The van der Waals surface area contributed by atoms with Crippen molar-refractivity contribution < 1.29 is 9.21 Å². The van der Waals surface area contributed by atoms with Crippen molar-refractivity contribution in [1.29, 1.82) is 0 Å². The van der Waals surface area contributed by atoms with Gasteiger partial charge in [-0.2, -0.15) is 0 Å². The highest BCUT2D eigenvalue weighted by Crippen LogP contribution is 2.16. The third kappa shape index (κ3) is 3.68. The number of anilines is 1. The van der Waals surface area contributed by atoms with E-state index in [-0.39, 0.29) is 11.9 Å². The maximum absolute atomic E-state index is 12.2. The summed E-state index contributed by atoms with van der Waals surface area (Å²) in [7, 11) is 0. The quantitative estimate of drug-likeness (QED) is 0.793. The second-order valence-electron chi connectivity index (χ2n) is 5.93. The third-order valence-corrected chi connectivity index (χ3v) is 3.81. The van der Waals surface area contributed by atoms with Gasteiger partial charge in [0.2, 0.25) is 5.89 Å². The minimum atomic E-state index is -0.264. The van der Waals surface area contributed by atoms with E-state index in [4.69, 9.17) is 4.42 Å². The fourth-order valence-corrected chi connectivity index (χ4v) is 2.54. The average molecular weight is 321 g/mol. The van der Waals surface area contributed by atoms with Gasteiger partial charge in [0.15, 0.2) is 0 Å². The highest BCUT2D eigenvalue weighted by atomic mass is 16.4. The SMILES string of the molecule is Cc1cccc(C(=O)Nc2nnc(Cc3ccc(C)cc3C)o2)c1. The molecule has 1 heterocycles. The molecule has 0 aliphatic heterocycles. The lowest BCUT2D eigenvalue weighted by atomic mass is 10.0. The molecule has 122 valence electrons. The minimum Gasteiger partial charge on any atom is -0.407 e. The Morgan fingerprint density at radius 3 is 2.58 bits per heavy atom. The summed E-state index contributed by atoms with van der Waals surface area (Å²) < 4.78 is 5.54. The number of aryl methyl sites for hydroxylation is 3. The molecule has 0 radical (unpaired) electrons. The molecule has 5 nitrogen and oxygen atoms in total. The van der Waals surface area contributed by atoms with E-state index in [1.165, 1.54) is 11.1 Å². The van der Waals surface area contributed by atoms with Crippen LogP contribution in [0.1, 0.15) is 38.5 Å². The first kappa shape index (κ1) is 15.9. The van der Waals surface area contributed by atoms with Crippen LogP contribution in [0.5, 0.6) is 0 Å². The molecule has 0 atom stereocenters. The molecule has 1 N–H and O–H groups in total. The molecule has 0 aliphatic rings. The minimum absolute atomic E-state index is 0.112. The van der Waals surface area contributed by atoms with E-state index in [9.17, 15) is 4.79 Å². The van der Waals surface area contributed by atoms with E-state index in [0.717, 1.165) is 11.1 Å². The Balaban J connectivity index is 1.70. The van der Waals surface area contributed by atoms with Gasteiger partial charge in [0, 0.05) is 5.56 Å². The predicted octanol–water partition coefficient (Wildman–Crippen LogP) is 3.84. The van der Waals surface area contributed by atoms with Crippen LogP contribution in [-0.4, -0.2) is 16.1 Å². The summed E-state index contributed by atoms with van der Waals surface area (Å²) in [4.78, 5) is 12.2. The fraction of sp³-hybridized carbons (Fsp3) is 0.211. The van der Waals surface area contributed by atoms with E-state index in [1.54, 1.807) is 6.07 Å². The van der Waals surface area contributed by atoms with Gasteiger partial charge in [0.05, 0.1) is 6.42 Å². The van der Waals surface area contributed by atoms with E-state index < -0.39 is 0 Å². The topological polar surface area (TPSA) is 68.0 Å². The highest BCUT2D eigenvalue weighted by molar-refractivity contribution is 6.03. The number of carbonyl (C=O) groups excluding carboxylic acids is 1. The molecule has 0 saturated carbocycles. The number of nitrogens with one attached hydrogen (secondary N) is 1. The Hall–Kier alpha value is -2.95. The summed E-state index contributed by atoms with van der Waals surface area (Å²) in [5.41, 5.74) is 5.10. The van der Waals surface area contributed by atoms with Gasteiger partial charge < -0.3 is 4.42 Å². The lowest BCUT2D eigenvalue weighted by Gasteiger charge is -2.04. The maximum atomic E-state index is 12.2. The standard InChI is InChI=1S/C19H19N3O2/c1-12-5-4-6-16(10-12)18(23)20-19-22-21-17(24-19)11-15-8-7-13(2)9-14(15)3/h4-10H,11H2,1-3H3,(H,20,22,23). The molecule has 2 aromatic carbocycles. The smallest absolute Gasteiger partial charge is 0.322 e. The van der Waals surface area contributed by atoms with E-state index in [2.05, 4.69) is 47.6 Å². The predicted molar refractivity (Wildman–Crippen MR) is 92.2 cm³/mol. The molecule has 24 heavy (non-hydrogen) atoms. The number of benzene rings is 2. The zero-order valence-electron chi connectivity index (χ0n) is 14.0. The van der Waals surface area contributed by atoms with Gasteiger partial charge in [0.25, 0.3) is 5.91 Å². The number of rotatable bonds is 4. The number of nitrogens with zero attached hydrogens (tertiary/aromatic N) is 2. The normalized spacial score (nSPS) is 10.6. The van der Waals surface area contributed by atoms with Gasteiger partial charge in [-0.1, -0.05) is 46.6 Å². The second kappa shape index (κ2) is 6.66. The van der Waals surface area contributed by atoms with Crippen molar-refractivity contribution in [2.24, 2.45) is 0 Å². The van der Waals surface area contributed by atoms with E-state index in [1.807, 2.05) is 25.1 Å². The van der Waals surface area contributed by atoms with Crippen LogP contribution in [0, 0.1) is 20.8 Å². The monoisotopic (exact) mass is 321 g/mol. The van der Waals surface area contributed by atoms with Crippen LogP contribution < -0.4 is 5.32 Å². The van der Waals surface area contributed by atoms with Crippen molar-refractivity contribution in [1.82, 2.24) is 10.2 Å². The van der Waals surface area contributed by atoms with Crippen LogP contribution in [0.25, 0.3) is 0 Å². The van der Waals surface area contributed by atoms with Gasteiger partial charge >= 0.3 is 6.01 Å². The summed E-state index contributed by atoms with van der Waals surface area (Å²) >= 11 is 0. The van der Waals surface area contributed by atoms with Crippen LogP contribution in [-0.2, 0) is 6.42 Å². The highest BCUT2D eigenvalue weighted by Gasteiger charge is 2.12. The number of hydrogen-bond donors (Lipinski definition) is 1.